The van der Waals surface area contributed by atoms with E-state index >= 15 is 4.79 Å². The lowest BCUT2D eigenvalue weighted by Crippen LogP contribution is -2.73. The molecule has 1 saturated heterocycles. The molecule has 4 aliphatic rings. The van der Waals surface area contributed by atoms with E-state index in [1.807, 2.05) is 0 Å². The number of aromatic hydroxyl groups is 2. The number of benzene rings is 2. The van der Waals surface area contributed by atoms with Gasteiger partial charge >= 0.3 is 5.97 Å². The number of aliphatic hydroxyl groups is 5. The van der Waals surface area contributed by atoms with Gasteiger partial charge in [-0.1, -0.05) is 6.07 Å². The average Bonchev–Trinajstić information content (AvgIpc) is 3.61. The number of carbonyl (C=O) groups excluding carboxylic acids is 4. The number of esters is 1. The smallest absolute Gasteiger partial charge is 0.341 e. The van der Waals surface area contributed by atoms with Crippen LogP contribution in [0.25, 0.3) is 0 Å². The van der Waals surface area contributed by atoms with Crippen LogP contribution in [0.5, 0.6) is 11.5 Å². The van der Waals surface area contributed by atoms with Crippen molar-refractivity contribution in [2.75, 3.05) is 28.4 Å². The molecule has 0 amide bonds. The number of Topliss-reactive ketones (excluding diaryl/α,β-unsaturated/α-hetero) is 2. The first kappa shape index (κ1) is 43.1. The number of aryl methyl sites for hydroxylation is 1. The number of aliphatic hydroxyl groups excluding tert-OH is 3. The van der Waals surface area contributed by atoms with Gasteiger partial charge in [0.15, 0.2) is 23.2 Å². The fraction of sp³-hybridized carbons (Fsp3) is 0.476. The fourth-order valence-corrected chi connectivity index (χ4v) is 9.51. The van der Waals surface area contributed by atoms with Crippen LogP contribution in [-0.4, -0.2) is 136 Å². The van der Waals surface area contributed by atoms with Gasteiger partial charge in [-0.25, -0.2) is 4.79 Å². The zero-order valence-electron chi connectivity index (χ0n) is 33.8. The molecule has 60 heavy (non-hydrogen) atoms. The third kappa shape index (κ3) is 5.96. The van der Waals surface area contributed by atoms with Crippen molar-refractivity contribution >= 4 is 23.3 Å². The highest BCUT2D eigenvalue weighted by molar-refractivity contribution is 6.26. The van der Waals surface area contributed by atoms with E-state index in [4.69, 9.17) is 28.1 Å². The second-order valence-corrected chi connectivity index (χ2v) is 15.8. The number of nitrogens with one attached hydrogen (secondary N) is 1. The Morgan fingerprint density at radius 1 is 0.983 bits per heavy atom. The van der Waals surface area contributed by atoms with E-state index in [0.717, 1.165) is 26.4 Å². The number of allylic oxidation sites excluding steroid dienone is 1. The van der Waals surface area contributed by atoms with Gasteiger partial charge < -0.3 is 69.2 Å². The Hall–Kier alpha value is -5.02. The summed E-state index contributed by atoms with van der Waals surface area (Å²) in [6.45, 7) is 4.62. The van der Waals surface area contributed by atoms with Crippen molar-refractivity contribution in [1.82, 2.24) is 5.32 Å². The van der Waals surface area contributed by atoms with Gasteiger partial charge in [-0.3, -0.25) is 14.4 Å². The number of phenols is 2. The summed E-state index contributed by atoms with van der Waals surface area (Å²) in [4.78, 5) is 57.1. The maximum absolute atomic E-state index is 15.1. The number of ether oxygens (including phenoxy) is 5. The summed E-state index contributed by atoms with van der Waals surface area (Å²) in [6.07, 6.45) is -6.64. The molecule has 2 heterocycles. The number of carbonyl (C=O) groups is 4. The lowest BCUT2D eigenvalue weighted by Gasteiger charge is -2.53. The topological polar surface area (TPSA) is 281 Å². The molecule has 1 aromatic heterocycles. The van der Waals surface area contributed by atoms with Crippen LogP contribution in [0.4, 0.5) is 0 Å². The van der Waals surface area contributed by atoms with Gasteiger partial charge in [-0.05, 0) is 49.6 Å². The third-order valence-electron chi connectivity index (χ3n) is 12.2. The number of furan rings is 1. The van der Waals surface area contributed by atoms with E-state index in [2.05, 4.69) is 5.32 Å². The molecule has 0 radical (unpaired) electrons. The molecule has 0 spiro atoms. The number of rotatable bonds is 10. The predicted molar refractivity (Wildman–Crippen MR) is 203 cm³/mol. The van der Waals surface area contributed by atoms with Gasteiger partial charge in [-0.2, -0.15) is 0 Å². The van der Waals surface area contributed by atoms with Gasteiger partial charge in [0.2, 0.25) is 11.6 Å². The van der Waals surface area contributed by atoms with Crippen LogP contribution in [-0.2, 0) is 54.1 Å². The van der Waals surface area contributed by atoms with Gasteiger partial charge in [-0.15, -0.1) is 0 Å². The molecule has 3 unspecified atom stereocenters. The van der Waals surface area contributed by atoms with Crippen LogP contribution in [0.15, 0.2) is 40.7 Å². The monoisotopic (exact) mass is 837 g/mol. The van der Waals surface area contributed by atoms with E-state index in [9.17, 15) is 50.1 Å². The Bertz CT molecular complexity index is 2330. The van der Waals surface area contributed by atoms with Crippen molar-refractivity contribution in [2.24, 2.45) is 0 Å². The van der Waals surface area contributed by atoms with Crippen LogP contribution in [0.1, 0.15) is 88.9 Å². The van der Waals surface area contributed by atoms with Gasteiger partial charge in [0.05, 0.1) is 48.5 Å². The summed E-state index contributed by atoms with van der Waals surface area (Å²) >= 11 is 0. The molecule has 0 bridgehead atoms. The Morgan fingerprint density at radius 2 is 1.67 bits per heavy atom. The summed E-state index contributed by atoms with van der Waals surface area (Å²) in [5.41, 5.74) is -12.2. The lowest BCUT2D eigenvalue weighted by molar-refractivity contribution is -0.237. The number of ketones is 3. The Kier molecular flexibility index (Phi) is 10.9. The molecular formula is C42H47NO17. The summed E-state index contributed by atoms with van der Waals surface area (Å²) in [6, 6.07) is 3.82. The van der Waals surface area contributed by atoms with Crippen molar-refractivity contribution in [2.45, 2.75) is 99.7 Å². The molecule has 1 fully saturated rings. The number of hydrogen-bond donors (Lipinski definition) is 8. The van der Waals surface area contributed by atoms with E-state index in [-0.39, 0.29) is 23.2 Å². The highest BCUT2D eigenvalue weighted by Gasteiger charge is 2.73. The highest BCUT2D eigenvalue weighted by atomic mass is 16.6. The zero-order chi connectivity index (χ0) is 44.0. The standard InChI is InChI=1S/C42H47NO17/c1-16-8-20-11-26(46)42(58-7)37(51)28-22(36(50)41(42,54)30(20)32(48)27(16)39(52)57-6)12-23-29(31(28)47)24(45)13-25(40(23,53)14-19-10-21(59-15-19)9-17(2)44)43-38-35(56-5)33(49)34(55-4)18(3)60-38/h8,10,12-13,15,17-18,26,33-35,38,43-44,46-49,53-54H,9,11,14H2,1-7H3/t17?,18-,26?,33+,34+,35+,38-,40?,41-,42+/m0/s1. The SMILES string of the molecule is COC(=O)c1c(C)cc2c(c1O)[C@]1(O)C(=O)c3cc4c(c(O)c3C(=O)[C@]1(OC)C(O)C2)C(=O)C=C(N[C@H]1O[C@@H](C)[C@@H](OC)[C@@H](O)[C@H]1OC)C4(O)Cc1coc(CC(C)O)c1. The Balaban J connectivity index is 1.46. The molecule has 8 N–H and O–H groups in total. The summed E-state index contributed by atoms with van der Waals surface area (Å²) in [7, 11) is 4.65. The minimum atomic E-state index is -3.29. The Morgan fingerprint density at radius 3 is 2.28 bits per heavy atom. The van der Waals surface area contributed by atoms with Crippen LogP contribution in [0, 0.1) is 6.92 Å². The largest absolute Gasteiger partial charge is 0.507 e. The van der Waals surface area contributed by atoms with E-state index in [1.54, 1.807) is 13.8 Å². The minimum Gasteiger partial charge on any atom is -0.507 e. The maximum Gasteiger partial charge on any atom is 0.341 e. The molecule has 0 saturated carbocycles. The van der Waals surface area contributed by atoms with Gasteiger partial charge in [0.25, 0.3) is 0 Å². The maximum atomic E-state index is 15.1. The molecule has 18 nitrogen and oxygen atoms in total. The molecule has 7 rings (SSSR count). The minimum absolute atomic E-state index is 0.0199. The number of methoxy groups -OCH3 is 4. The number of phenolic OH excluding ortho intramolecular Hbond substituents is 2. The van der Waals surface area contributed by atoms with Gasteiger partial charge in [0, 0.05) is 63.4 Å². The van der Waals surface area contributed by atoms with E-state index in [0.29, 0.717) is 11.3 Å². The second-order valence-electron chi connectivity index (χ2n) is 15.8. The summed E-state index contributed by atoms with van der Waals surface area (Å²) in [5, 5.41) is 85.4. The normalized spacial score (nSPS) is 31.4. The average molecular weight is 838 g/mol. The van der Waals surface area contributed by atoms with Crippen molar-refractivity contribution in [3.63, 3.8) is 0 Å². The first-order chi connectivity index (χ1) is 28.3. The summed E-state index contributed by atoms with van der Waals surface area (Å²) < 4.78 is 33.2. The molecule has 3 aromatic rings. The van der Waals surface area contributed by atoms with Crippen LogP contribution < -0.4 is 5.32 Å². The molecule has 18 heteroatoms. The second kappa shape index (κ2) is 15.2. The first-order valence-electron chi connectivity index (χ1n) is 19.1. The quantitative estimate of drug-likeness (QED) is 0.129. The van der Waals surface area contributed by atoms with Gasteiger partial charge in [0.1, 0.15) is 46.7 Å². The molecule has 10 atom stereocenters. The van der Waals surface area contributed by atoms with Crippen molar-refractivity contribution in [3.05, 3.63) is 92.1 Å². The fourth-order valence-electron chi connectivity index (χ4n) is 9.51. The van der Waals surface area contributed by atoms with Crippen molar-refractivity contribution in [3.8, 4) is 11.5 Å². The zero-order valence-corrected chi connectivity index (χ0v) is 33.8. The molecule has 1 aliphatic heterocycles. The van der Waals surface area contributed by atoms with Crippen molar-refractivity contribution in [1.29, 1.82) is 0 Å². The molecule has 3 aliphatic carbocycles. The number of fused-ring (bicyclic) bond motifs is 5. The third-order valence-corrected chi connectivity index (χ3v) is 12.2. The molecular weight excluding hydrogens is 790 g/mol. The predicted octanol–water partition coefficient (Wildman–Crippen LogP) is 0.514. The Labute approximate surface area is 342 Å². The van der Waals surface area contributed by atoms with Crippen molar-refractivity contribution < 1.29 is 83.0 Å². The van der Waals surface area contributed by atoms with Crippen LogP contribution >= 0.6 is 0 Å². The van der Waals surface area contributed by atoms with E-state index < -0.39 is 141 Å². The number of hydrogen-bond acceptors (Lipinski definition) is 18. The first-order valence-corrected chi connectivity index (χ1v) is 19.1. The van der Waals surface area contributed by atoms with Crippen LogP contribution in [0.3, 0.4) is 0 Å². The molecule has 2 aromatic carbocycles. The highest BCUT2D eigenvalue weighted by Crippen LogP contribution is 2.57. The lowest BCUT2D eigenvalue weighted by atomic mass is 9.56. The summed E-state index contributed by atoms with van der Waals surface area (Å²) in [5.74, 6) is -6.46. The molecule has 322 valence electrons. The van der Waals surface area contributed by atoms with Crippen LogP contribution in [0.2, 0.25) is 0 Å². The van der Waals surface area contributed by atoms with E-state index in [1.165, 1.54) is 39.5 Å².